The molecule has 0 saturated carbocycles. The average molecular weight is 354 g/mol. The minimum atomic E-state index is -3.61. The Balaban J connectivity index is 1.57. The normalized spacial score (nSPS) is 31.4. The minimum absolute atomic E-state index is 0.441. The Labute approximate surface area is 144 Å². The van der Waals surface area contributed by atoms with Gasteiger partial charge in [0.15, 0.2) is 32.5 Å². The van der Waals surface area contributed by atoms with Crippen LogP contribution < -0.4 is 0 Å². The fourth-order valence-electron chi connectivity index (χ4n) is 3.72. The molecule has 3 aliphatic rings. The molecule has 0 N–H and O–H groups in total. The molecule has 3 aliphatic heterocycles. The molecule has 0 radical (unpaired) electrons. The Morgan fingerprint density at radius 3 is 1.48 bits per heavy atom. The van der Waals surface area contributed by atoms with Crippen LogP contribution in [0.2, 0.25) is 0 Å². The van der Waals surface area contributed by atoms with Crippen molar-refractivity contribution in [1.82, 2.24) is 0 Å². The molecule has 7 heteroatoms. The Kier molecular flexibility index (Phi) is 3.03. The van der Waals surface area contributed by atoms with Crippen molar-refractivity contribution in [3.8, 4) is 0 Å². The van der Waals surface area contributed by atoms with E-state index < -0.39 is 32.5 Å². The third kappa shape index (κ3) is 1.99. The zero-order valence-corrected chi connectivity index (χ0v) is 13.8. The second-order valence-electron chi connectivity index (χ2n) is 6.26. The van der Waals surface area contributed by atoms with Gasteiger partial charge in [0.25, 0.3) is 0 Å². The molecule has 0 unspecified atom stereocenters. The predicted octanol–water partition coefficient (Wildman–Crippen LogP) is 1.76. The zero-order valence-electron chi connectivity index (χ0n) is 13.0. The molecule has 0 aromatic heterocycles. The number of hydrogen-bond donors (Lipinski definition) is 0. The monoisotopic (exact) mass is 354 g/mol. The van der Waals surface area contributed by atoms with Crippen LogP contribution in [0.25, 0.3) is 0 Å². The number of benzene rings is 2. The highest BCUT2D eigenvalue weighted by molar-refractivity contribution is 7.94. The smallest absolute Gasteiger partial charge is 0.191 e. The van der Waals surface area contributed by atoms with Crippen molar-refractivity contribution in [1.29, 1.82) is 0 Å². The number of hydrogen-bond acceptors (Lipinski definition) is 6. The summed E-state index contributed by atoms with van der Waals surface area (Å²) < 4.78 is 26.6. The van der Waals surface area contributed by atoms with E-state index in [4.69, 9.17) is 9.68 Å². The lowest BCUT2D eigenvalue weighted by Crippen LogP contribution is -2.35. The minimum Gasteiger partial charge on any atom is -0.386 e. The molecule has 4 atom stereocenters. The van der Waals surface area contributed by atoms with E-state index in [1.54, 1.807) is 0 Å². The summed E-state index contributed by atoms with van der Waals surface area (Å²) in [6, 6.07) is 18.5. The molecule has 5 rings (SSSR count). The molecule has 1 saturated heterocycles. The first kappa shape index (κ1) is 14.7. The van der Waals surface area contributed by atoms with Crippen LogP contribution in [0.5, 0.6) is 0 Å². The molecule has 0 spiro atoms. The van der Waals surface area contributed by atoms with E-state index in [1.807, 2.05) is 60.7 Å². The quantitative estimate of drug-likeness (QED) is 0.823. The van der Waals surface area contributed by atoms with E-state index in [2.05, 4.69) is 10.3 Å². The van der Waals surface area contributed by atoms with Gasteiger partial charge in [0, 0.05) is 11.1 Å². The maximum atomic E-state index is 13.3. The van der Waals surface area contributed by atoms with Crippen LogP contribution in [0.1, 0.15) is 11.1 Å². The standard InChI is InChI=1S/C18H14N2O4S/c21-25(22)17-13(11-7-3-1-4-8-11)19-23-15(17)16-18(25)14(20-24-16)12-9-5-2-6-10-12/h1-10,15-18H/t15-,16-,17-,18+/m1/s1. The Bertz CT molecular complexity index is 911. The topological polar surface area (TPSA) is 77.3 Å². The molecule has 0 aliphatic carbocycles. The van der Waals surface area contributed by atoms with Crippen molar-refractivity contribution in [3.05, 3.63) is 71.8 Å². The lowest BCUT2D eigenvalue weighted by molar-refractivity contribution is -0.0332. The van der Waals surface area contributed by atoms with Gasteiger partial charge in [-0.1, -0.05) is 71.0 Å². The Hall–Kier alpha value is -2.67. The Morgan fingerprint density at radius 2 is 1.08 bits per heavy atom. The van der Waals surface area contributed by atoms with Crippen LogP contribution in [-0.2, 0) is 19.5 Å². The van der Waals surface area contributed by atoms with Crippen LogP contribution in [0.3, 0.4) is 0 Å². The number of sulfone groups is 1. The van der Waals surface area contributed by atoms with Gasteiger partial charge in [0.05, 0.1) is 0 Å². The zero-order chi connectivity index (χ0) is 17.0. The maximum absolute atomic E-state index is 13.3. The first-order chi connectivity index (χ1) is 12.2. The molecule has 126 valence electrons. The van der Waals surface area contributed by atoms with Crippen molar-refractivity contribution in [2.75, 3.05) is 0 Å². The van der Waals surface area contributed by atoms with E-state index in [0.717, 1.165) is 11.1 Å². The van der Waals surface area contributed by atoms with Crippen LogP contribution in [0, 0.1) is 0 Å². The first-order valence-corrected chi connectivity index (χ1v) is 9.60. The highest BCUT2D eigenvalue weighted by Crippen LogP contribution is 2.42. The molecule has 0 bridgehead atoms. The van der Waals surface area contributed by atoms with Crippen LogP contribution in [-0.4, -0.2) is 42.5 Å². The summed E-state index contributed by atoms with van der Waals surface area (Å²) in [7, 11) is -3.61. The van der Waals surface area contributed by atoms with Gasteiger partial charge in [-0.3, -0.25) is 0 Å². The van der Waals surface area contributed by atoms with E-state index >= 15 is 0 Å². The molecule has 25 heavy (non-hydrogen) atoms. The van der Waals surface area contributed by atoms with Gasteiger partial charge >= 0.3 is 0 Å². The summed E-state index contributed by atoms with van der Waals surface area (Å²) in [5.41, 5.74) is 2.38. The van der Waals surface area contributed by atoms with Gasteiger partial charge < -0.3 is 9.68 Å². The lowest BCUT2D eigenvalue weighted by atomic mass is 9.98. The summed E-state index contributed by atoms with van der Waals surface area (Å²) in [6.45, 7) is 0. The van der Waals surface area contributed by atoms with Crippen LogP contribution >= 0.6 is 0 Å². The fourth-order valence-corrected chi connectivity index (χ4v) is 6.17. The fraction of sp³-hybridized carbons (Fsp3) is 0.222. The molecule has 0 amide bonds. The molecule has 2 aromatic carbocycles. The van der Waals surface area contributed by atoms with Gasteiger partial charge in [0.1, 0.15) is 11.4 Å². The van der Waals surface area contributed by atoms with Crippen molar-refractivity contribution < 1.29 is 18.1 Å². The average Bonchev–Trinajstić information content (AvgIpc) is 3.32. The first-order valence-electron chi connectivity index (χ1n) is 7.99. The van der Waals surface area contributed by atoms with Crippen LogP contribution in [0.15, 0.2) is 71.0 Å². The van der Waals surface area contributed by atoms with Gasteiger partial charge in [-0.2, -0.15) is 0 Å². The number of fused-ring (bicyclic) bond motifs is 3. The van der Waals surface area contributed by atoms with Crippen LogP contribution in [0.4, 0.5) is 0 Å². The van der Waals surface area contributed by atoms with Crippen molar-refractivity contribution in [2.24, 2.45) is 10.3 Å². The largest absolute Gasteiger partial charge is 0.386 e. The molecule has 6 nitrogen and oxygen atoms in total. The number of rotatable bonds is 2. The molecular formula is C18H14N2O4S. The SMILES string of the molecule is O=S1(=O)[C@@H]2C(c3ccccc3)=NO[C@@H]2[C@H]2ON=C(c3ccccc3)[C@@H]21. The second kappa shape index (κ2) is 5.16. The van der Waals surface area contributed by atoms with E-state index in [1.165, 1.54) is 0 Å². The second-order valence-corrected chi connectivity index (χ2v) is 8.45. The third-order valence-electron chi connectivity index (χ3n) is 4.85. The van der Waals surface area contributed by atoms with Crippen molar-refractivity contribution in [3.63, 3.8) is 0 Å². The molecular weight excluding hydrogens is 340 g/mol. The molecule has 1 fully saturated rings. The third-order valence-corrected chi connectivity index (χ3v) is 7.25. The lowest BCUT2D eigenvalue weighted by Gasteiger charge is -2.12. The van der Waals surface area contributed by atoms with E-state index in [9.17, 15) is 8.42 Å². The Morgan fingerprint density at radius 1 is 0.680 bits per heavy atom. The van der Waals surface area contributed by atoms with Crippen molar-refractivity contribution in [2.45, 2.75) is 22.7 Å². The highest BCUT2D eigenvalue weighted by atomic mass is 32.2. The molecule has 2 aromatic rings. The predicted molar refractivity (Wildman–Crippen MR) is 92.2 cm³/mol. The highest BCUT2D eigenvalue weighted by Gasteiger charge is 2.66. The van der Waals surface area contributed by atoms with E-state index in [-0.39, 0.29) is 0 Å². The van der Waals surface area contributed by atoms with Gasteiger partial charge in [-0.25, -0.2) is 8.42 Å². The summed E-state index contributed by atoms with van der Waals surface area (Å²) in [5.74, 6) is 0. The van der Waals surface area contributed by atoms with Gasteiger partial charge in [-0.15, -0.1) is 0 Å². The summed E-state index contributed by atoms with van der Waals surface area (Å²) in [6.07, 6.45) is -1.34. The maximum Gasteiger partial charge on any atom is 0.191 e. The number of oxime groups is 2. The molecule has 3 heterocycles. The number of nitrogens with zero attached hydrogens (tertiary/aromatic N) is 2. The van der Waals surface area contributed by atoms with Gasteiger partial charge in [0.2, 0.25) is 0 Å². The summed E-state index contributed by atoms with van der Waals surface area (Å²) in [4.78, 5) is 11.0. The summed E-state index contributed by atoms with van der Waals surface area (Å²) >= 11 is 0. The summed E-state index contributed by atoms with van der Waals surface area (Å²) in [5, 5.41) is 6.43. The van der Waals surface area contributed by atoms with Gasteiger partial charge in [-0.05, 0) is 0 Å². The van der Waals surface area contributed by atoms with E-state index in [0.29, 0.717) is 11.4 Å². The van der Waals surface area contributed by atoms with Crippen molar-refractivity contribution >= 4 is 21.3 Å².